The van der Waals surface area contributed by atoms with Gasteiger partial charge in [0.15, 0.2) is 0 Å². The van der Waals surface area contributed by atoms with E-state index in [1.807, 2.05) is 13.1 Å². The van der Waals surface area contributed by atoms with Gasteiger partial charge in [0.25, 0.3) is 0 Å². The van der Waals surface area contributed by atoms with E-state index >= 15 is 0 Å². The lowest BCUT2D eigenvalue weighted by molar-refractivity contribution is 0.111. The molecule has 7 nitrogen and oxygen atoms in total. The molecule has 2 aliphatic rings. The highest BCUT2D eigenvalue weighted by molar-refractivity contribution is 7.23. The minimum atomic E-state index is -0.384. The number of aryl methyl sites for hydroxylation is 1. The number of thiophene rings is 1. The van der Waals surface area contributed by atoms with Gasteiger partial charge in [-0.05, 0) is 73.7 Å². The molecular formula is C27H26FN5O2S. The normalized spacial score (nSPS) is 18.0. The second-order valence-corrected chi connectivity index (χ2v) is 10.6. The molecule has 6 rings (SSSR count). The molecule has 4 aromatic rings. The topological polar surface area (TPSA) is 97.3 Å². The average Bonchev–Trinajstić information content (AvgIpc) is 3.46. The summed E-state index contributed by atoms with van der Waals surface area (Å²) in [7, 11) is 2.11. The van der Waals surface area contributed by atoms with Crippen LogP contribution in [0.4, 0.5) is 9.39 Å². The molecule has 0 saturated carbocycles. The first-order valence-corrected chi connectivity index (χ1v) is 12.9. The summed E-state index contributed by atoms with van der Waals surface area (Å²) in [5.41, 5.74) is 12.0. The summed E-state index contributed by atoms with van der Waals surface area (Å²) in [5, 5.41) is 11.7. The molecule has 0 spiro atoms. The van der Waals surface area contributed by atoms with E-state index in [4.69, 9.17) is 20.2 Å². The second-order valence-electron chi connectivity index (χ2n) is 9.51. The number of anilines is 1. The third-order valence-electron chi connectivity index (χ3n) is 7.51. The van der Waals surface area contributed by atoms with E-state index in [0.29, 0.717) is 52.5 Å². The van der Waals surface area contributed by atoms with Gasteiger partial charge in [0, 0.05) is 23.0 Å². The van der Waals surface area contributed by atoms with Crippen LogP contribution in [0.5, 0.6) is 6.01 Å². The Labute approximate surface area is 212 Å². The molecule has 0 aliphatic carbocycles. The molecular weight excluding hydrogens is 477 g/mol. The summed E-state index contributed by atoms with van der Waals surface area (Å²) < 4.78 is 27.1. The molecule has 0 unspecified atom stereocenters. The smallest absolute Gasteiger partial charge is 0.316 e. The van der Waals surface area contributed by atoms with E-state index in [9.17, 15) is 9.65 Å². The molecule has 2 aromatic heterocycles. The van der Waals surface area contributed by atoms with Crippen LogP contribution in [0.25, 0.3) is 32.1 Å². The maximum atomic E-state index is 14.8. The van der Waals surface area contributed by atoms with Crippen LogP contribution in [0.1, 0.15) is 35.1 Å². The van der Waals surface area contributed by atoms with Gasteiger partial charge in [-0.2, -0.15) is 10.2 Å². The Morgan fingerprint density at radius 3 is 3.00 bits per heavy atom. The summed E-state index contributed by atoms with van der Waals surface area (Å²) in [4.78, 5) is 11.7. The maximum Gasteiger partial charge on any atom is 0.316 e. The summed E-state index contributed by atoms with van der Waals surface area (Å²) in [6, 6.07) is 6.09. The van der Waals surface area contributed by atoms with Crippen molar-refractivity contribution in [2.24, 2.45) is 0 Å². The first-order chi connectivity index (χ1) is 17.5. The Balaban J connectivity index is 1.56. The number of nitrogen functional groups attached to an aromatic ring is 1. The predicted molar refractivity (Wildman–Crippen MR) is 139 cm³/mol. The fourth-order valence-corrected chi connectivity index (χ4v) is 6.58. The zero-order chi connectivity index (χ0) is 25.0. The van der Waals surface area contributed by atoms with Gasteiger partial charge in [-0.25, -0.2) is 9.37 Å². The van der Waals surface area contributed by atoms with Gasteiger partial charge in [0.2, 0.25) is 0 Å². The quantitative estimate of drug-likeness (QED) is 0.420. The SMILES string of the molecule is Cc1c(-c2ccc(F)c3sc(N)c(C#N)c23)c2c(c3cnc(OC[C@@H]4CCCN4C)nc13)CCOC2. The number of likely N-dealkylation sites (tertiary alicyclic amines) is 1. The number of hydrogen-bond acceptors (Lipinski definition) is 8. The van der Waals surface area contributed by atoms with Crippen molar-refractivity contribution in [3.8, 4) is 23.2 Å². The molecule has 36 heavy (non-hydrogen) atoms. The molecule has 2 N–H and O–H groups in total. The lowest BCUT2D eigenvalue weighted by Gasteiger charge is -2.25. The fraction of sp³-hybridized carbons (Fsp3) is 0.370. The minimum Gasteiger partial charge on any atom is -0.462 e. The number of likely N-dealkylation sites (N-methyl/N-ethyl adjacent to an activating group) is 1. The number of halogens is 1. The lowest BCUT2D eigenvalue weighted by atomic mass is 9.85. The van der Waals surface area contributed by atoms with Crippen molar-refractivity contribution in [3.63, 3.8) is 0 Å². The number of fused-ring (bicyclic) bond motifs is 4. The van der Waals surface area contributed by atoms with Crippen LogP contribution >= 0.6 is 11.3 Å². The van der Waals surface area contributed by atoms with Crippen LogP contribution in [-0.2, 0) is 17.8 Å². The van der Waals surface area contributed by atoms with Crippen LogP contribution in [0.2, 0.25) is 0 Å². The van der Waals surface area contributed by atoms with Crippen molar-refractivity contribution in [3.05, 3.63) is 46.4 Å². The highest BCUT2D eigenvalue weighted by Gasteiger charge is 2.27. The Hall–Kier alpha value is -3.32. The lowest BCUT2D eigenvalue weighted by Crippen LogP contribution is -2.30. The van der Waals surface area contributed by atoms with Gasteiger partial charge in [-0.15, -0.1) is 11.3 Å². The monoisotopic (exact) mass is 503 g/mol. The fourth-order valence-electron chi connectivity index (χ4n) is 5.63. The van der Waals surface area contributed by atoms with Crippen LogP contribution < -0.4 is 10.5 Å². The standard InChI is InChI=1S/C27H26FN5O2S/c1-14-22(17-5-6-21(28)25-23(17)18(10-29)26(30)36-25)20-13-34-9-7-16(20)19-11-31-27(32-24(14)19)35-12-15-4-3-8-33(15)2/h5-6,11,15H,3-4,7-9,12-13,30H2,1-2H3/t15-/m0/s1. The van der Waals surface area contributed by atoms with E-state index in [0.717, 1.165) is 69.4 Å². The molecule has 2 aliphatic heterocycles. The van der Waals surface area contributed by atoms with Crippen molar-refractivity contribution in [2.75, 3.05) is 32.5 Å². The van der Waals surface area contributed by atoms with Gasteiger partial charge in [-0.3, -0.25) is 0 Å². The van der Waals surface area contributed by atoms with E-state index in [1.54, 1.807) is 6.07 Å². The van der Waals surface area contributed by atoms with Gasteiger partial charge >= 0.3 is 6.01 Å². The summed E-state index contributed by atoms with van der Waals surface area (Å²) in [6.45, 7) is 4.65. The van der Waals surface area contributed by atoms with Crippen molar-refractivity contribution in [2.45, 2.75) is 38.8 Å². The summed E-state index contributed by atoms with van der Waals surface area (Å²) >= 11 is 1.11. The van der Waals surface area contributed by atoms with Crippen molar-refractivity contribution >= 4 is 37.3 Å². The first-order valence-electron chi connectivity index (χ1n) is 12.1. The second kappa shape index (κ2) is 8.96. The Morgan fingerprint density at radius 2 is 2.22 bits per heavy atom. The van der Waals surface area contributed by atoms with Crippen molar-refractivity contribution in [1.29, 1.82) is 5.26 Å². The van der Waals surface area contributed by atoms with Gasteiger partial charge in [-0.1, -0.05) is 6.07 Å². The first kappa shape index (κ1) is 23.1. The molecule has 1 fully saturated rings. The molecule has 1 saturated heterocycles. The number of hydrogen-bond donors (Lipinski definition) is 1. The molecule has 0 radical (unpaired) electrons. The zero-order valence-electron chi connectivity index (χ0n) is 20.2. The largest absolute Gasteiger partial charge is 0.462 e. The van der Waals surface area contributed by atoms with Crippen molar-refractivity contribution in [1.82, 2.24) is 14.9 Å². The highest BCUT2D eigenvalue weighted by atomic mass is 32.1. The van der Waals surface area contributed by atoms with E-state index in [-0.39, 0.29) is 5.82 Å². The molecule has 1 atom stereocenters. The van der Waals surface area contributed by atoms with E-state index in [1.165, 1.54) is 12.5 Å². The molecule has 0 bridgehead atoms. The summed E-state index contributed by atoms with van der Waals surface area (Å²) in [5.74, 6) is -0.384. The van der Waals surface area contributed by atoms with Crippen molar-refractivity contribution < 1.29 is 13.9 Å². The third-order valence-corrected chi connectivity index (χ3v) is 8.53. The van der Waals surface area contributed by atoms with E-state index in [2.05, 4.69) is 23.0 Å². The average molecular weight is 504 g/mol. The van der Waals surface area contributed by atoms with Gasteiger partial charge in [0.05, 0.1) is 29.0 Å². The Bertz CT molecular complexity index is 1560. The summed E-state index contributed by atoms with van der Waals surface area (Å²) in [6.07, 6.45) is 4.84. The predicted octanol–water partition coefficient (Wildman–Crippen LogP) is 4.96. The molecule has 184 valence electrons. The number of benzene rings is 2. The third kappa shape index (κ3) is 3.60. The Kier molecular flexibility index (Phi) is 5.75. The number of nitriles is 1. The zero-order valence-corrected chi connectivity index (χ0v) is 21.0. The van der Waals surface area contributed by atoms with Crippen LogP contribution in [0.3, 0.4) is 0 Å². The van der Waals surface area contributed by atoms with Crippen LogP contribution in [0, 0.1) is 24.1 Å². The molecule has 4 heterocycles. The Morgan fingerprint density at radius 1 is 1.36 bits per heavy atom. The highest BCUT2D eigenvalue weighted by Crippen LogP contribution is 2.45. The van der Waals surface area contributed by atoms with Gasteiger partial charge in [0.1, 0.15) is 23.5 Å². The number of nitrogens with two attached hydrogens (primary N) is 1. The molecule has 9 heteroatoms. The number of aromatic nitrogens is 2. The number of nitrogens with zero attached hydrogens (tertiary/aromatic N) is 4. The minimum absolute atomic E-state index is 0.307. The molecule has 2 aromatic carbocycles. The van der Waals surface area contributed by atoms with Crippen LogP contribution in [-0.4, -0.2) is 47.7 Å². The van der Waals surface area contributed by atoms with Crippen LogP contribution in [0.15, 0.2) is 18.3 Å². The number of ether oxygens (including phenoxy) is 2. The van der Waals surface area contributed by atoms with E-state index < -0.39 is 0 Å². The molecule has 0 amide bonds. The number of rotatable bonds is 4. The maximum absolute atomic E-state index is 14.8. The van der Waals surface area contributed by atoms with Gasteiger partial charge < -0.3 is 20.1 Å².